The topological polar surface area (TPSA) is 51.2 Å². The van der Waals surface area contributed by atoms with Gasteiger partial charge in [-0.3, -0.25) is 4.79 Å². The third-order valence-electron chi connectivity index (χ3n) is 3.70. The van der Waals surface area contributed by atoms with Gasteiger partial charge in [-0.05, 0) is 36.6 Å². The first-order valence-corrected chi connectivity index (χ1v) is 9.45. The first-order valence-electron chi connectivity index (χ1n) is 8.63. The monoisotopic (exact) mass is 376 g/mol. The summed E-state index contributed by atoms with van der Waals surface area (Å²) in [5.74, 6) is 6.62. The minimum Gasteiger partial charge on any atom is -0.431 e. The van der Waals surface area contributed by atoms with Crippen molar-refractivity contribution in [3.63, 3.8) is 0 Å². The van der Waals surface area contributed by atoms with Crippen LogP contribution in [0.4, 0.5) is 0 Å². The number of rotatable bonds is 5. The van der Waals surface area contributed by atoms with Crippen LogP contribution in [0.1, 0.15) is 29.9 Å². The van der Waals surface area contributed by atoms with Crippen molar-refractivity contribution in [3.8, 4) is 22.8 Å². The lowest BCUT2D eigenvalue weighted by Gasteiger charge is -2.04. The maximum absolute atomic E-state index is 11.0. The molecule has 3 aromatic rings. The lowest BCUT2D eigenvalue weighted by molar-refractivity contribution is -0.119. The Balaban J connectivity index is 1.59. The van der Waals surface area contributed by atoms with E-state index in [1.54, 1.807) is 6.20 Å². The summed E-state index contributed by atoms with van der Waals surface area (Å²) in [6.45, 7) is 3.31. The Bertz CT molecular complexity index is 953. The molecule has 0 aliphatic heterocycles. The molecular weight excluding hydrogens is 356 g/mol. The molecule has 1 amide bonds. The number of carbonyl (C=O) groups excluding carboxylic acids is 1. The van der Waals surface area contributed by atoms with Crippen LogP contribution in [-0.4, -0.2) is 16.9 Å². The first kappa shape index (κ1) is 18.7. The fraction of sp³-hybridized carbons (Fsp3) is 0.182. The molecule has 3 rings (SSSR count). The van der Waals surface area contributed by atoms with Crippen LogP contribution >= 0.6 is 11.3 Å². The predicted octanol–water partition coefficient (Wildman–Crippen LogP) is 4.40. The van der Waals surface area contributed by atoms with Crippen molar-refractivity contribution in [3.05, 3.63) is 76.8 Å². The molecule has 1 unspecified atom stereocenters. The number of benzene rings is 2. The van der Waals surface area contributed by atoms with Crippen LogP contribution in [0.3, 0.4) is 0 Å². The van der Waals surface area contributed by atoms with Crippen molar-refractivity contribution in [2.75, 3.05) is 0 Å². The van der Waals surface area contributed by atoms with Gasteiger partial charge >= 0.3 is 0 Å². The molecule has 1 N–H and O–H groups in total. The van der Waals surface area contributed by atoms with Gasteiger partial charge in [0.25, 0.3) is 5.19 Å². The van der Waals surface area contributed by atoms with Crippen LogP contribution in [0.5, 0.6) is 10.9 Å². The average Bonchev–Trinajstić information content (AvgIpc) is 3.09. The molecule has 0 saturated carbocycles. The maximum Gasteiger partial charge on any atom is 0.279 e. The Morgan fingerprint density at radius 2 is 1.85 bits per heavy atom. The standard InChI is InChI=1S/C22H20N2O2S/c1-16(24-17(2)25)8-13-21-15-23-22(27-21)26-20-11-9-19(10-12-20)14-18-6-4-3-5-7-18/h3-7,9-12,15-16H,14H2,1-2H3,(H,24,25). The number of nitrogens with one attached hydrogen (secondary N) is 1. The van der Waals surface area contributed by atoms with Crippen LogP contribution in [0.2, 0.25) is 0 Å². The Morgan fingerprint density at radius 1 is 1.15 bits per heavy atom. The Hall–Kier alpha value is -3.10. The SMILES string of the molecule is CC(=O)NC(C)C#Cc1cnc(Oc2ccc(Cc3ccccc3)cc2)s1. The molecule has 27 heavy (non-hydrogen) atoms. The molecule has 2 aromatic carbocycles. The van der Waals surface area contributed by atoms with Gasteiger partial charge in [0.1, 0.15) is 10.6 Å². The molecule has 0 radical (unpaired) electrons. The van der Waals surface area contributed by atoms with E-state index in [0.29, 0.717) is 5.19 Å². The number of carbonyl (C=O) groups is 1. The summed E-state index contributed by atoms with van der Waals surface area (Å²) in [5.41, 5.74) is 2.51. The van der Waals surface area contributed by atoms with Gasteiger partial charge < -0.3 is 10.1 Å². The summed E-state index contributed by atoms with van der Waals surface area (Å²) >= 11 is 1.38. The van der Waals surface area contributed by atoms with Crippen LogP contribution in [0.15, 0.2) is 60.8 Å². The van der Waals surface area contributed by atoms with Crippen LogP contribution in [-0.2, 0) is 11.2 Å². The number of ether oxygens (including phenoxy) is 1. The molecule has 0 saturated heterocycles. The van der Waals surface area contributed by atoms with Crippen LogP contribution in [0, 0.1) is 11.8 Å². The molecule has 0 bridgehead atoms. The summed E-state index contributed by atoms with van der Waals surface area (Å²) in [7, 11) is 0. The van der Waals surface area contributed by atoms with Gasteiger partial charge in [0, 0.05) is 6.92 Å². The van der Waals surface area contributed by atoms with E-state index >= 15 is 0 Å². The van der Waals surface area contributed by atoms with Gasteiger partial charge in [0.05, 0.1) is 12.2 Å². The summed E-state index contributed by atoms with van der Waals surface area (Å²) in [4.78, 5) is 16.0. The summed E-state index contributed by atoms with van der Waals surface area (Å²) < 4.78 is 5.81. The van der Waals surface area contributed by atoms with E-state index in [1.165, 1.54) is 29.4 Å². The lowest BCUT2D eigenvalue weighted by atomic mass is 10.1. The van der Waals surface area contributed by atoms with E-state index in [-0.39, 0.29) is 11.9 Å². The molecule has 0 fully saturated rings. The van der Waals surface area contributed by atoms with Crippen molar-refractivity contribution in [2.24, 2.45) is 0 Å². The summed E-state index contributed by atoms with van der Waals surface area (Å²) in [6.07, 6.45) is 2.57. The van der Waals surface area contributed by atoms with E-state index in [2.05, 4.69) is 46.4 Å². The molecule has 1 aromatic heterocycles. The van der Waals surface area contributed by atoms with Crippen molar-refractivity contribution in [2.45, 2.75) is 26.3 Å². The summed E-state index contributed by atoms with van der Waals surface area (Å²) in [6, 6.07) is 18.2. The highest BCUT2D eigenvalue weighted by atomic mass is 32.1. The molecule has 4 nitrogen and oxygen atoms in total. The third-order valence-corrected chi connectivity index (χ3v) is 4.49. The summed E-state index contributed by atoms with van der Waals surface area (Å²) in [5, 5.41) is 3.27. The molecule has 1 heterocycles. The number of amides is 1. The molecule has 0 aliphatic carbocycles. The van der Waals surface area contributed by atoms with Crippen molar-refractivity contribution in [1.29, 1.82) is 0 Å². The predicted molar refractivity (Wildman–Crippen MR) is 108 cm³/mol. The molecule has 136 valence electrons. The number of hydrogen-bond acceptors (Lipinski definition) is 4. The zero-order valence-electron chi connectivity index (χ0n) is 15.2. The Kier molecular flexibility index (Phi) is 6.24. The number of nitrogens with zero attached hydrogens (tertiary/aromatic N) is 1. The van der Waals surface area contributed by atoms with Crippen molar-refractivity contribution < 1.29 is 9.53 Å². The fourth-order valence-corrected chi connectivity index (χ4v) is 3.14. The normalized spacial score (nSPS) is 11.2. The quantitative estimate of drug-likeness (QED) is 0.672. The first-order chi connectivity index (χ1) is 13.1. The Labute approximate surface area is 163 Å². The zero-order chi connectivity index (χ0) is 19.1. The Morgan fingerprint density at radius 3 is 2.56 bits per heavy atom. The van der Waals surface area contributed by atoms with E-state index in [0.717, 1.165) is 17.0 Å². The van der Waals surface area contributed by atoms with Gasteiger partial charge in [-0.25, -0.2) is 4.98 Å². The van der Waals surface area contributed by atoms with Gasteiger partial charge in [-0.1, -0.05) is 65.6 Å². The lowest BCUT2D eigenvalue weighted by Crippen LogP contribution is -2.28. The highest BCUT2D eigenvalue weighted by molar-refractivity contribution is 7.13. The second-order valence-corrected chi connectivity index (χ2v) is 7.08. The molecule has 0 aliphatic rings. The zero-order valence-corrected chi connectivity index (χ0v) is 16.0. The molecule has 1 atom stereocenters. The second kappa shape index (κ2) is 9.02. The number of aromatic nitrogens is 1. The molecular formula is C22H20N2O2S. The van der Waals surface area contributed by atoms with E-state index < -0.39 is 0 Å². The largest absolute Gasteiger partial charge is 0.431 e. The van der Waals surface area contributed by atoms with E-state index in [4.69, 9.17) is 4.74 Å². The van der Waals surface area contributed by atoms with Gasteiger partial charge in [0.15, 0.2) is 0 Å². The van der Waals surface area contributed by atoms with Gasteiger partial charge in [-0.15, -0.1) is 0 Å². The average molecular weight is 376 g/mol. The second-order valence-electron chi connectivity index (χ2n) is 6.09. The smallest absolute Gasteiger partial charge is 0.279 e. The minimum absolute atomic E-state index is 0.0964. The number of hydrogen-bond donors (Lipinski definition) is 1. The third kappa shape index (κ3) is 5.98. The van der Waals surface area contributed by atoms with Crippen molar-refractivity contribution >= 4 is 17.2 Å². The van der Waals surface area contributed by atoms with Crippen LogP contribution < -0.4 is 10.1 Å². The minimum atomic E-state index is -0.203. The van der Waals surface area contributed by atoms with Crippen molar-refractivity contribution in [1.82, 2.24) is 10.3 Å². The molecule has 5 heteroatoms. The van der Waals surface area contributed by atoms with Crippen LogP contribution in [0.25, 0.3) is 0 Å². The number of thiazole rings is 1. The van der Waals surface area contributed by atoms with Gasteiger partial charge in [0.2, 0.25) is 5.91 Å². The maximum atomic E-state index is 11.0. The van der Waals surface area contributed by atoms with Gasteiger partial charge in [-0.2, -0.15) is 0 Å². The van der Waals surface area contributed by atoms with E-state index in [9.17, 15) is 4.79 Å². The van der Waals surface area contributed by atoms with E-state index in [1.807, 2.05) is 37.3 Å². The fourth-order valence-electron chi connectivity index (χ4n) is 2.49. The highest BCUT2D eigenvalue weighted by Crippen LogP contribution is 2.26. The molecule has 0 spiro atoms. The highest BCUT2D eigenvalue weighted by Gasteiger charge is 2.04.